The average molecular weight is 272 g/mol. The van der Waals surface area contributed by atoms with Gasteiger partial charge in [-0.2, -0.15) is 0 Å². The summed E-state index contributed by atoms with van der Waals surface area (Å²) in [4.78, 5) is 4.21. The van der Waals surface area contributed by atoms with Crippen LogP contribution in [-0.4, -0.2) is 24.2 Å². The van der Waals surface area contributed by atoms with E-state index in [9.17, 15) is 0 Å². The van der Waals surface area contributed by atoms with E-state index in [4.69, 9.17) is 4.74 Å². The minimum absolute atomic E-state index is 0.212. The number of hydrogen-bond donors (Lipinski definition) is 1. The highest BCUT2D eigenvalue weighted by atomic mass is 16.5. The Balaban J connectivity index is 1.88. The fourth-order valence-corrected chi connectivity index (χ4v) is 1.80. The molecule has 1 N–H and O–H groups in total. The summed E-state index contributed by atoms with van der Waals surface area (Å²) in [7, 11) is 0. The van der Waals surface area contributed by atoms with Gasteiger partial charge in [-0.3, -0.25) is 4.98 Å². The lowest BCUT2D eigenvalue weighted by Crippen LogP contribution is -2.46. The summed E-state index contributed by atoms with van der Waals surface area (Å²) >= 11 is 0. The molecule has 20 heavy (non-hydrogen) atoms. The lowest BCUT2D eigenvalue weighted by Gasteiger charge is -2.27. The number of nitrogens with one attached hydrogen (secondary N) is 1. The smallest absolute Gasteiger partial charge is 0.138 e. The first-order chi connectivity index (χ1) is 9.53. The van der Waals surface area contributed by atoms with Gasteiger partial charge in [-0.1, -0.05) is 45.1 Å². The van der Waals surface area contributed by atoms with Crippen LogP contribution in [0.4, 0.5) is 0 Å². The Morgan fingerprint density at radius 1 is 1.35 bits per heavy atom. The van der Waals surface area contributed by atoms with Gasteiger partial charge >= 0.3 is 0 Å². The number of nitrogens with zero attached hydrogens (tertiary/aromatic N) is 1. The molecular weight excluding hydrogens is 248 g/mol. The third-order valence-corrected chi connectivity index (χ3v) is 3.11. The van der Waals surface area contributed by atoms with Crippen LogP contribution in [0.1, 0.15) is 32.8 Å². The summed E-state index contributed by atoms with van der Waals surface area (Å²) < 4.78 is 5.73. The van der Waals surface area contributed by atoms with Gasteiger partial charge in [0.1, 0.15) is 12.4 Å². The highest BCUT2D eigenvalue weighted by Gasteiger charge is 2.16. The molecule has 1 aliphatic rings. The Kier molecular flexibility index (Phi) is 4.96. The number of ether oxygens (including phenoxy) is 1. The van der Waals surface area contributed by atoms with Gasteiger partial charge in [0.25, 0.3) is 0 Å². The molecule has 0 saturated carbocycles. The SMILES string of the molecule is CC(C)(C)C=CC=Cc1cncc(OCC2CCN2)c1. The molecule has 2 heterocycles. The molecule has 2 rings (SSSR count). The predicted molar refractivity (Wildman–Crippen MR) is 83.8 cm³/mol. The standard InChI is InChI=1S/C17H24N2O/c1-17(2,3)8-5-4-6-14-10-16(12-18-11-14)20-13-15-7-9-19-15/h4-6,8,10-12,15,19H,7,9,13H2,1-3H3. The number of aromatic nitrogens is 1. The second-order valence-electron chi connectivity index (χ2n) is 6.29. The Hall–Kier alpha value is -1.61. The van der Waals surface area contributed by atoms with Crippen molar-refractivity contribution in [3.63, 3.8) is 0 Å². The van der Waals surface area contributed by atoms with Crippen molar-refractivity contribution in [1.29, 1.82) is 0 Å². The minimum Gasteiger partial charge on any atom is -0.490 e. The Morgan fingerprint density at radius 2 is 2.15 bits per heavy atom. The van der Waals surface area contributed by atoms with Gasteiger partial charge < -0.3 is 10.1 Å². The molecule has 0 radical (unpaired) electrons. The first-order valence-electron chi connectivity index (χ1n) is 7.20. The Morgan fingerprint density at radius 3 is 2.80 bits per heavy atom. The molecule has 1 aliphatic heterocycles. The summed E-state index contributed by atoms with van der Waals surface area (Å²) in [5.74, 6) is 0.834. The minimum atomic E-state index is 0.212. The third kappa shape index (κ3) is 5.17. The van der Waals surface area contributed by atoms with E-state index >= 15 is 0 Å². The molecule has 1 saturated heterocycles. The fraction of sp³-hybridized carbons (Fsp3) is 0.471. The fourth-order valence-electron chi connectivity index (χ4n) is 1.80. The van der Waals surface area contributed by atoms with Gasteiger partial charge in [-0.05, 0) is 30.0 Å². The zero-order valence-corrected chi connectivity index (χ0v) is 12.6. The van der Waals surface area contributed by atoms with Crippen molar-refractivity contribution in [3.8, 4) is 5.75 Å². The van der Waals surface area contributed by atoms with Crippen LogP contribution in [0.25, 0.3) is 6.08 Å². The van der Waals surface area contributed by atoms with Crippen molar-refractivity contribution in [2.75, 3.05) is 13.2 Å². The van der Waals surface area contributed by atoms with Gasteiger partial charge in [0.05, 0.1) is 6.20 Å². The van der Waals surface area contributed by atoms with E-state index in [1.54, 1.807) is 6.20 Å². The van der Waals surface area contributed by atoms with Gasteiger partial charge in [-0.25, -0.2) is 0 Å². The second-order valence-corrected chi connectivity index (χ2v) is 6.29. The van der Waals surface area contributed by atoms with E-state index in [0.717, 1.165) is 24.5 Å². The summed E-state index contributed by atoms with van der Waals surface area (Å²) in [6, 6.07) is 2.52. The van der Waals surface area contributed by atoms with Crippen molar-refractivity contribution in [3.05, 3.63) is 42.3 Å². The topological polar surface area (TPSA) is 34.1 Å². The normalized spacial score (nSPS) is 19.4. The van der Waals surface area contributed by atoms with Crippen molar-refractivity contribution in [2.45, 2.75) is 33.2 Å². The molecule has 1 fully saturated rings. The molecule has 1 aromatic heterocycles. The molecule has 1 atom stereocenters. The molecule has 108 valence electrons. The lowest BCUT2D eigenvalue weighted by molar-refractivity contribution is 0.217. The van der Waals surface area contributed by atoms with Gasteiger partial charge in [0.15, 0.2) is 0 Å². The van der Waals surface area contributed by atoms with Crippen LogP contribution >= 0.6 is 0 Å². The van der Waals surface area contributed by atoms with Gasteiger partial charge in [0.2, 0.25) is 0 Å². The average Bonchev–Trinajstić information content (AvgIpc) is 2.32. The zero-order valence-electron chi connectivity index (χ0n) is 12.6. The van der Waals surface area contributed by atoms with Crippen LogP contribution in [0, 0.1) is 5.41 Å². The van der Waals surface area contributed by atoms with Gasteiger partial charge in [-0.15, -0.1) is 0 Å². The van der Waals surface area contributed by atoms with E-state index < -0.39 is 0 Å². The largest absolute Gasteiger partial charge is 0.490 e. The van der Waals surface area contributed by atoms with Crippen LogP contribution in [-0.2, 0) is 0 Å². The zero-order chi connectivity index (χ0) is 14.4. The molecule has 0 spiro atoms. The Bertz CT molecular complexity index is 482. The number of hydrogen-bond acceptors (Lipinski definition) is 3. The van der Waals surface area contributed by atoms with Crippen LogP contribution in [0.2, 0.25) is 0 Å². The second kappa shape index (κ2) is 6.71. The number of rotatable bonds is 5. The number of pyridine rings is 1. The van der Waals surface area contributed by atoms with Gasteiger partial charge in [0, 0.05) is 12.2 Å². The highest BCUT2D eigenvalue weighted by Crippen LogP contribution is 2.16. The molecule has 0 aromatic carbocycles. The van der Waals surface area contributed by atoms with Crippen LogP contribution in [0.5, 0.6) is 5.75 Å². The molecule has 0 aliphatic carbocycles. The van der Waals surface area contributed by atoms with Crippen molar-refractivity contribution >= 4 is 6.08 Å². The third-order valence-electron chi connectivity index (χ3n) is 3.11. The molecule has 3 nitrogen and oxygen atoms in total. The first-order valence-corrected chi connectivity index (χ1v) is 7.20. The van der Waals surface area contributed by atoms with Crippen LogP contribution < -0.4 is 10.1 Å². The maximum atomic E-state index is 5.73. The highest BCUT2D eigenvalue weighted by molar-refractivity contribution is 5.51. The van der Waals surface area contributed by atoms with Crippen LogP contribution in [0.3, 0.4) is 0 Å². The monoisotopic (exact) mass is 272 g/mol. The maximum absolute atomic E-state index is 5.73. The molecule has 1 unspecified atom stereocenters. The summed E-state index contributed by atoms with van der Waals surface area (Å²) in [5, 5.41) is 3.32. The summed E-state index contributed by atoms with van der Waals surface area (Å²) in [6.45, 7) is 8.37. The molecule has 1 aromatic rings. The van der Waals surface area contributed by atoms with E-state index in [1.165, 1.54) is 6.42 Å². The molecule has 0 amide bonds. The predicted octanol–water partition coefficient (Wildman–Crippen LogP) is 3.44. The van der Waals surface area contributed by atoms with E-state index in [0.29, 0.717) is 6.04 Å². The summed E-state index contributed by atoms with van der Waals surface area (Å²) in [6.07, 6.45) is 13.1. The van der Waals surface area contributed by atoms with Crippen molar-refractivity contribution in [2.24, 2.45) is 5.41 Å². The first kappa shape index (κ1) is 14.8. The van der Waals surface area contributed by atoms with Crippen molar-refractivity contribution in [1.82, 2.24) is 10.3 Å². The van der Waals surface area contributed by atoms with E-state index in [2.05, 4.69) is 43.2 Å². The van der Waals surface area contributed by atoms with Crippen LogP contribution in [0.15, 0.2) is 36.7 Å². The van der Waals surface area contributed by atoms with E-state index in [1.807, 2.05) is 24.4 Å². The lowest BCUT2D eigenvalue weighted by atomic mass is 9.96. The Labute approximate surface area is 121 Å². The summed E-state index contributed by atoms with van der Waals surface area (Å²) in [5.41, 5.74) is 1.27. The maximum Gasteiger partial charge on any atom is 0.138 e. The number of allylic oxidation sites excluding steroid dienone is 3. The molecular formula is C17H24N2O. The van der Waals surface area contributed by atoms with Crippen molar-refractivity contribution < 1.29 is 4.74 Å². The molecule has 3 heteroatoms. The van der Waals surface area contributed by atoms with E-state index in [-0.39, 0.29) is 5.41 Å². The quantitative estimate of drug-likeness (QED) is 0.834. The molecule has 0 bridgehead atoms.